The van der Waals surface area contributed by atoms with E-state index in [1.54, 1.807) is 44.2 Å². The van der Waals surface area contributed by atoms with Crippen molar-refractivity contribution >= 4 is 17.9 Å². The molecule has 17 nitrogen and oxygen atoms in total. The number of fused-ring (bicyclic) bond motifs is 3. The molecule has 62 heavy (non-hydrogen) atoms. The number of aliphatic hydroxyl groups excluding tert-OH is 6. The van der Waals surface area contributed by atoms with Crippen molar-refractivity contribution < 1.29 is 83.7 Å². The lowest BCUT2D eigenvalue weighted by Gasteiger charge is -2.63. The molecule has 2 aliphatic heterocycles. The van der Waals surface area contributed by atoms with Crippen LogP contribution >= 0.6 is 0 Å². The van der Waals surface area contributed by atoms with Crippen LogP contribution in [0.15, 0.2) is 42.5 Å². The van der Waals surface area contributed by atoms with Gasteiger partial charge in [0.05, 0.1) is 49.0 Å². The number of benzene rings is 1. The van der Waals surface area contributed by atoms with Crippen LogP contribution in [0.2, 0.25) is 0 Å². The van der Waals surface area contributed by atoms with Gasteiger partial charge >= 0.3 is 17.9 Å². The molecule has 2 saturated heterocycles. The first kappa shape index (κ1) is 46.9. The standard InChI is InChI=1S/C45H64O17/c1-21(2)15-31(48)61-38-37(60-32(49)17-28(47)24-9-7-6-8-10-24)36(62-41-35(52)34(51)33(50)23(4)57-41)29(19-46)59-42(38)58-25-16-26(40(54)55)27-11-13-44-20-45(56,22(3)39(44)53)14-12-30(44)43(27,5)18-25/h6-10,21,23,25-30,33-39,41-42,46-47,50-53,56H,3,11-20H2,1-2,4-5H3,(H,54,55). The molecule has 1 aromatic rings. The summed E-state index contributed by atoms with van der Waals surface area (Å²) >= 11 is 0. The summed E-state index contributed by atoms with van der Waals surface area (Å²) in [6, 6.07) is 8.34. The summed E-state index contributed by atoms with van der Waals surface area (Å²) in [7, 11) is 0. The van der Waals surface area contributed by atoms with Gasteiger partial charge in [-0.05, 0) is 86.2 Å². The number of ether oxygens (including phenoxy) is 6. The highest BCUT2D eigenvalue weighted by Crippen LogP contribution is 2.71. The fraction of sp³-hybridized carbons (Fsp3) is 0.756. The molecule has 1 aromatic carbocycles. The lowest BCUT2D eigenvalue weighted by atomic mass is 9.42. The first-order chi connectivity index (χ1) is 29.2. The summed E-state index contributed by atoms with van der Waals surface area (Å²) in [5.74, 6) is -4.35. The van der Waals surface area contributed by atoms with Crippen molar-refractivity contribution in [1.82, 2.24) is 0 Å². The molecule has 19 unspecified atom stereocenters. The second kappa shape index (κ2) is 18.1. The molecule has 6 fully saturated rings. The Labute approximate surface area is 360 Å². The minimum atomic E-state index is -1.83. The van der Waals surface area contributed by atoms with Gasteiger partial charge in [-0.2, -0.15) is 0 Å². The topological polar surface area (TPSA) is 268 Å². The average molecular weight is 877 g/mol. The molecule has 8 N–H and O–H groups in total. The molecule has 0 radical (unpaired) electrons. The summed E-state index contributed by atoms with van der Waals surface area (Å²) in [5.41, 5.74) is -1.86. The van der Waals surface area contributed by atoms with Gasteiger partial charge in [-0.1, -0.05) is 57.7 Å². The van der Waals surface area contributed by atoms with Gasteiger partial charge in [0.25, 0.3) is 0 Å². The van der Waals surface area contributed by atoms with Gasteiger partial charge in [0, 0.05) is 11.8 Å². The largest absolute Gasteiger partial charge is 0.481 e. The van der Waals surface area contributed by atoms with E-state index in [4.69, 9.17) is 28.4 Å². The van der Waals surface area contributed by atoms with E-state index in [0.717, 1.165) is 0 Å². The molecular weight excluding hydrogens is 812 g/mol. The van der Waals surface area contributed by atoms with Crippen molar-refractivity contribution in [1.29, 1.82) is 0 Å². The number of rotatable bonds is 13. The summed E-state index contributed by atoms with van der Waals surface area (Å²) in [6.45, 7) is 10.3. The van der Waals surface area contributed by atoms with E-state index in [9.17, 15) is 55.2 Å². The Bertz CT molecular complexity index is 1790. The van der Waals surface area contributed by atoms with Crippen molar-refractivity contribution in [3.8, 4) is 0 Å². The van der Waals surface area contributed by atoms with E-state index < -0.39 is 133 Å². The van der Waals surface area contributed by atoms with E-state index in [0.29, 0.717) is 43.2 Å². The average Bonchev–Trinajstić information content (AvgIpc) is 3.35. The van der Waals surface area contributed by atoms with Crippen LogP contribution in [-0.2, 0) is 42.8 Å². The van der Waals surface area contributed by atoms with Crippen molar-refractivity contribution in [2.24, 2.45) is 34.5 Å². The molecule has 0 aromatic heterocycles. The SMILES string of the molecule is C=C1C(O)C23CCC4C(C(=O)O)CC(OC5OC(CO)C(OC6OC(C)C(O)C(O)C6O)C(OC(=O)CC(O)c6ccccc6)C5OC(=O)CC(C)C)CC4(C)C2CCC1(O)C3. The fourth-order valence-corrected chi connectivity index (χ4v) is 12.1. The number of carbonyl (C=O) groups is 3. The number of esters is 2. The van der Waals surface area contributed by atoms with Crippen molar-refractivity contribution in [3.05, 3.63) is 48.0 Å². The Balaban J connectivity index is 1.23. The van der Waals surface area contributed by atoms with Gasteiger partial charge in [0.1, 0.15) is 30.5 Å². The van der Waals surface area contributed by atoms with Gasteiger partial charge in [0.2, 0.25) is 0 Å². The highest BCUT2D eigenvalue weighted by molar-refractivity contribution is 5.72. The van der Waals surface area contributed by atoms with Crippen LogP contribution in [0.3, 0.4) is 0 Å². The molecule has 346 valence electrons. The number of aliphatic hydroxyl groups is 7. The predicted molar refractivity (Wildman–Crippen MR) is 214 cm³/mol. The molecule has 2 heterocycles. The van der Waals surface area contributed by atoms with Crippen LogP contribution in [0.4, 0.5) is 0 Å². The van der Waals surface area contributed by atoms with E-state index in [1.165, 1.54) is 6.92 Å². The zero-order valence-corrected chi connectivity index (χ0v) is 35.7. The Hall–Kier alpha value is -3.07. The van der Waals surface area contributed by atoms with E-state index in [1.807, 2.05) is 6.92 Å². The third-order valence-electron chi connectivity index (χ3n) is 15.0. The van der Waals surface area contributed by atoms with E-state index in [-0.39, 0.29) is 37.0 Å². The van der Waals surface area contributed by atoms with Crippen molar-refractivity contribution in [3.63, 3.8) is 0 Å². The Morgan fingerprint density at radius 1 is 0.887 bits per heavy atom. The molecule has 17 heteroatoms. The lowest BCUT2D eigenvalue weighted by molar-refractivity contribution is -0.364. The molecule has 6 aliphatic rings. The van der Waals surface area contributed by atoms with Crippen molar-refractivity contribution in [2.45, 2.75) is 171 Å². The van der Waals surface area contributed by atoms with Crippen LogP contribution in [0, 0.1) is 34.5 Å². The van der Waals surface area contributed by atoms with Gasteiger partial charge in [-0.25, -0.2) is 0 Å². The quantitative estimate of drug-likeness (QED) is 0.0796. The third-order valence-corrected chi connectivity index (χ3v) is 15.0. The molecule has 2 bridgehead atoms. The summed E-state index contributed by atoms with van der Waals surface area (Å²) in [4.78, 5) is 40.6. The molecule has 19 atom stereocenters. The van der Waals surface area contributed by atoms with Gasteiger partial charge in [0.15, 0.2) is 24.8 Å². The number of carbonyl (C=O) groups excluding carboxylic acids is 2. The lowest BCUT2D eigenvalue weighted by Crippen LogP contribution is -2.66. The zero-order chi connectivity index (χ0) is 45.1. The van der Waals surface area contributed by atoms with Crippen LogP contribution < -0.4 is 0 Å². The maximum absolute atomic E-state index is 13.8. The number of aliphatic carboxylic acids is 1. The number of carboxylic acid groups (broad SMARTS) is 1. The minimum absolute atomic E-state index is 0.0265. The highest BCUT2D eigenvalue weighted by Gasteiger charge is 2.70. The molecular formula is C45H64O17. The molecule has 4 aliphatic carbocycles. The maximum Gasteiger partial charge on any atom is 0.309 e. The predicted octanol–water partition coefficient (Wildman–Crippen LogP) is 1.65. The van der Waals surface area contributed by atoms with Crippen LogP contribution in [0.1, 0.15) is 97.1 Å². The monoisotopic (exact) mass is 876 g/mol. The smallest absolute Gasteiger partial charge is 0.309 e. The van der Waals surface area contributed by atoms with E-state index in [2.05, 4.69) is 6.58 Å². The Kier molecular flexibility index (Phi) is 13.7. The van der Waals surface area contributed by atoms with Crippen LogP contribution in [0.5, 0.6) is 0 Å². The first-order valence-corrected chi connectivity index (χ1v) is 21.9. The summed E-state index contributed by atoms with van der Waals surface area (Å²) in [6.07, 6.45) is -17.0. The van der Waals surface area contributed by atoms with Gasteiger partial charge in [-0.15, -0.1) is 0 Å². The van der Waals surface area contributed by atoms with Crippen molar-refractivity contribution in [2.75, 3.05) is 6.61 Å². The second-order valence-electron chi connectivity index (χ2n) is 19.4. The molecule has 4 saturated carbocycles. The fourth-order valence-electron chi connectivity index (χ4n) is 12.1. The Morgan fingerprint density at radius 3 is 2.23 bits per heavy atom. The number of hydrogen-bond donors (Lipinski definition) is 8. The van der Waals surface area contributed by atoms with Crippen LogP contribution in [-0.4, -0.2) is 145 Å². The second-order valence-corrected chi connectivity index (χ2v) is 19.4. The van der Waals surface area contributed by atoms with Gasteiger partial charge < -0.3 is 69.3 Å². The Morgan fingerprint density at radius 2 is 1.56 bits per heavy atom. The van der Waals surface area contributed by atoms with E-state index >= 15 is 0 Å². The minimum Gasteiger partial charge on any atom is -0.481 e. The summed E-state index contributed by atoms with van der Waals surface area (Å²) < 4.78 is 37.1. The zero-order valence-electron chi connectivity index (χ0n) is 35.7. The molecule has 1 spiro atoms. The molecule has 0 amide bonds. The first-order valence-electron chi connectivity index (χ1n) is 21.9. The number of carboxylic acids is 1. The third kappa shape index (κ3) is 8.60. The normalized spacial score (nSPS) is 44.5. The summed E-state index contributed by atoms with van der Waals surface area (Å²) in [5, 5.41) is 87.7. The number of hydrogen-bond acceptors (Lipinski definition) is 16. The maximum atomic E-state index is 13.8. The highest BCUT2D eigenvalue weighted by atomic mass is 16.8. The van der Waals surface area contributed by atoms with Gasteiger partial charge in [-0.3, -0.25) is 14.4 Å². The molecule has 7 rings (SSSR count). The van der Waals surface area contributed by atoms with Crippen LogP contribution in [0.25, 0.3) is 0 Å².